The van der Waals surface area contributed by atoms with Crippen molar-refractivity contribution in [1.82, 2.24) is 9.88 Å². The van der Waals surface area contributed by atoms with Crippen molar-refractivity contribution < 1.29 is 9.59 Å². The van der Waals surface area contributed by atoms with Crippen LogP contribution in [0.1, 0.15) is 18.5 Å². The number of piperidine rings is 1. The molecule has 1 aliphatic rings. The van der Waals surface area contributed by atoms with Crippen LogP contribution in [0.2, 0.25) is 0 Å². The third kappa shape index (κ3) is 4.11. The Bertz CT molecular complexity index is 716. The van der Waals surface area contributed by atoms with Gasteiger partial charge in [0, 0.05) is 24.2 Å². The number of aryl methyl sites for hydroxylation is 1. The topological polar surface area (TPSA) is 74.3 Å². The Morgan fingerprint density at radius 3 is 2.75 bits per heavy atom. The zero-order valence-corrected chi connectivity index (χ0v) is 14.3. The van der Waals surface area contributed by atoms with E-state index < -0.39 is 0 Å². The molecule has 0 saturated carbocycles. The summed E-state index contributed by atoms with van der Waals surface area (Å²) in [7, 11) is 0. The van der Waals surface area contributed by atoms with E-state index in [0.29, 0.717) is 18.2 Å². The molecular formula is C17H20N4O2S. The molecule has 7 heteroatoms. The van der Waals surface area contributed by atoms with Crippen LogP contribution in [0.15, 0.2) is 35.7 Å². The van der Waals surface area contributed by atoms with Gasteiger partial charge in [0.2, 0.25) is 5.91 Å². The number of urea groups is 1. The summed E-state index contributed by atoms with van der Waals surface area (Å²) in [4.78, 5) is 30.7. The second kappa shape index (κ2) is 7.44. The van der Waals surface area contributed by atoms with Gasteiger partial charge < -0.3 is 10.2 Å². The molecule has 1 aromatic carbocycles. The molecule has 1 saturated heterocycles. The fourth-order valence-corrected chi connectivity index (χ4v) is 3.40. The van der Waals surface area contributed by atoms with Gasteiger partial charge in [0.1, 0.15) is 0 Å². The van der Waals surface area contributed by atoms with E-state index in [2.05, 4.69) is 15.6 Å². The highest BCUT2D eigenvalue weighted by Crippen LogP contribution is 2.21. The Kier molecular flexibility index (Phi) is 5.10. The number of benzene rings is 1. The lowest BCUT2D eigenvalue weighted by Crippen LogP contribution is -2.45. The first kappa shape index (κ1) is 16.4. The first-order chi connectivity index (χ1) is 11.6. The van der Waals surface area contributed by atoms with Crippen LogP contribution < -0.4 is 10.6 Å². The van der Waals surface area contributed by atoms with Crippen LogP contribution in [0.3, 0.4) is 0 Å². The molecule has 126 valence electrons. The van der Waals surface area contributed by atoms with E-state index in [1.165, 1.54) is 11.3 Å². The summed E-state index contributed by atoms with van der Waals surface area (Å²) in [6.07, 6.45) is 1.61. The largest absolute Gasteiger partial charge is 0.326 e. The summed E-state index contributed by atoms with van der Waals surface area (Å²) in [6.45, 7) is 2.97. The second-order valence-electron chi connectivity index (χ2n) is 5.86. The number of hydrogen-bond acceptors (Lipinski definition) is 4. The number of nitrogens with one attached hydrogen (secondary N) is 2. The van der Waals surface area contributed by atoms with Gasteiger partial charge in [-0.05, 0) is 31.9 Å². The predicted molar refractivity (Wildman–Crippen MR) is 95.2 cm³/mol. The van der Waals surface area contributed by atoms with Crippen molar-refractivity contribution in [2.75, 3.05) is 23.7 Å². The van der Waals surface area contributed by atoms with Crippen molar-refractivity contribution >= 4 is 34.1 Å². The normalized spacial score (nSPS) is 17.4. The first-order valence-electron chi connectivity index (χ1n) is 7.96. The molecule has 6 nitrogen and oxygen atoms in total. The second-order valence-corrected chi connectivity index (χ2v) is 6.72. The van der Waals surface area contributed by atoms with Crippen molar-refractivity contribution in [2.24, 2.45) is 5.92 Å². The van der Waals surface area contributed by atoms with Crippen LogP contribution in [-0.2, 0) is 4.79 Å². The van der Waals surface area contributed by atoms with Crippen LogP contribution in [0.5, 0.6) is 0 Å². The molecular weight excluding hydrogens is 324 g/mol. The van der Waals surface area contributed by atoms with Gasteiger partial charge in [-0.25, -0.2) is 9.78 Å². The van der Waals surface area contributed by atoms with Crippen LogP contribution in [0.4, 0.5) is 15.6 Å². The molecule has 2 N–H and O–H groups in total. The zero-order chi connectivity index (χ0) is 16.9. The van der Waals surface area contributed by atoms with Gasteiger partial charge in [0.25, 0.3) is 0 Å². The summed E-state index contributed by atoms with van der Waals surface area (Å²) >= 11 is 1.40. The predicted octanol–water partition coefficient (Wildman–Crippen LogP) is 3.33. The number of hydrogen-bond donors (Lipinski definition) is 2. The maximum absolute atomic E-state index is 12.4. The average Bonchev–Trinajstić information content (AvgIpc) is 3.00. The summed E-state index contributed by atoms with van der Waals surface area (Å²) < 4.78 is 0. The molecule has 1 unspecified atom stereocenters. The molecule has 0 spiro atoms. The quantitative estimate of drug-likeness (QED) is 0.897. The number of amides is 3. The number of nitrogens with zero attached hydrogens (tertiary/aromatic N) is 2. The summed E-state index contributed by atoms with van der Waals surface area (Å²) in [5.74, 6) is -0.230. The number of rotatable bonds is 3. The number of anilines is 2. The summed E-state index contributed by atoms with van der Waals surface area (Å²) in [6, 6.07) is 9.19. The minimum atomic E-state index is -0.193. The molecule has 3 rings (SSSR count). The SMILES string of the molecule is Cc1csc(NC(=O)N2CCCC(C(=O)Nc3ccccc3)C2)n1. The molecule has 0 radical (unpaired) electrons. The van der Waals surface area contributed by atoms with Crippen molar-refractivity contribution in [1.29, 1.82) is 0 Å². The summed E-state index contributed by atoms with van der Waals surface area (Å²) in [5.41, 5.74) is 1.66. The van der Waals surface area contributed by atoms with Crippen LogP contribution >= 0.6 is 11.3 Å². The highest BCUT2D eigenvalue weighted by molar-refractivity contribution is 7.13. The van der Waals surface area contributed by atoms with Crippen molar-refractivity contribution in [3.05, 3.63) is 41.4 Å². The fourth-order valence-electron chi connectivity index (χ4n) is 2.72. The van der Waals surface area contributed by atoms with E-state index in [1.54, 1.807) is 4.90 Å². The van der Waals surface area contributed by atoms with Gasteiger partial charge in [-0.15, -0.1) is 11.3 Å². The molecule has 1 atom stereocenters. The molecule has 3 amide bonds. The molecule has 1 fully saturated rings. The molecule has 2 heterocycles. The Labute approximate surface area is 144 Å². The van der Waals surface area contributed by atoms with E-state index >= 15 is 0 Å². The molecule has 2 aromatic rings. The maximum Gasteiger partial charge on any atom is 0.323 e. The standard InChI is InChI=1S/C17H20N4O2S/c1-12-11-24-16(18-12)20-17(23)21-9-5-6-13(10-21)15(22)19-14-7-3-2-4-8-14/h2-4,7-8,11,13H,5-6,9-10H2,1H3,(H,19,22)(H,18,20,23). The number of aromatic nitrogens is 1. The van der Waals surface area contributed by atoms with Gasteiger partial charge in [-0.1, -0.05) is 18.2 Å². The lowest BCUT2D eigenvalue weighted by molar-refractivity contribution is -0.121. The fraction of sp³-hybridized carbons (Fsp3) is 0.353. The van der Waals surface area contributed by atoms with Gasteiger partial charge in [0.05, 0.1) is 11.6 Å². The van der Waals surface area contributed by atoms with E-state index in [4.69, 9.17) is 0 Å². The molecule has 24 heavy (non-hydrogen) atoms. The minimum absolute atomic E-state index is 0.0382. The van der Waals surface area contributed by atoms with E-state index in [9.17, 15) is 9.59 Å². The van der Waals surface area contributed by atoms with Gasteiger partial charge in [-0.2, -0.15) is 0 Å². The summed E-state index contributed by atoms with van der Waals surface area (Å²) in [5, 5.41) is 8.20. The minimum Gasteiger partial charge on any atom is -0.326 e. The molecule has 0 aliphatic carbocycles. The number of carbonyl (C=O) groups excluding carboxylic acids is 2. The van der Waals surface area contributed by atoms with Crippen molar-refractivity contribution in [3.63, 3.8) is 0 Å². The number of likely N-dealkylation sites (tertiary alicyclic amines) is 1. The zero-order valence-electron chi connectivity index (χ0n) is 13.5. The number of thiazole rings is 1. The van der Waals surface area contributed by atoms with Crippen LogP contribution in [0.25, 0.3) is 0 Å². The Hall–Kier alpha value is -2.41. The van der Waals surface area contributed by atoms with Gasteiger partial charge >= 0.3 is 6.03 Å². The van der Waals surface area contributed by atoms with Crippen molar-refractivity contribution in [2.45, 2.75) is 19.8 Å². The molecule has 1 aromatic heterocycles. The van der Waals surface area contributed by atoms with Crippen LogP contribution in [-0.4, -0.2) is 34.9 Å². The lowest BCUT2D eigenvalue weighted by atomic mass is 9.97. The molecule has 1 aliphatic heterocycles. The van der Waals surface area contributed by atoms with Crippen molar-refractivity contribution in [3.8, 4) is 0 Å². The average molecular weight is 344 g/mol. The smallest absolute Gasteiger partial charge is 0.323 e. The van der Waals surface area contributed by atoms with Gasteiger partial charge in [0.15, 0.2) is 5.13 Å². The van der Waals surface area contributed by atoms with E-state index in [-0.39, 0.29) is 17.9 Å². The monoisotopic (exact) mass is 344 g/mol. The Morgan fingerprint density at radius 2 is 2.04 bits per heavy atom. The highest BCUT2D eigenvalue weighted by Gasteiger charge is 2.28. The highest BCUT2D eigenvalue weighted by atomic mass is 32.1. The number of carbonyl (C=O) groups is 2. The van der Waals surface area contributed by atoms with E-state index in [1.807, 2.05) is 42.6 Å². The van der Waals surface area contributed by atoms with Gasteiger partial charge in [-0.3, -0.25) is 10.1 Å². The maximum atomic E-state index is 12.4. The third-order valence-corrected chi connectivity index (χ3v) is 4.83. The number of para-hydroxylation sites is 1. The Morgan fingerprint density at radius 1 is 1.25 bits per heavy atom. The first-order valence-corrected chi connectivity index (χ1v) is 8.84. The lowest BCUT2D eigenvalue weighted by Gasteiger charge is -2.31. The van der Waals surface area contributed by atoms with Crippen LogP contribution in [0, 0.1) is 12.8 Å². The third-order valence-electron chi connectivity index (χ3n) is 3.95. The molecule has 0 bridgehead atoms. The Balaban J connectivity index is 1.57. The van der Waals surface area contributed by atoms with E-state index in [0.717, 1.165) is 24.2 Å².